The number of hydrogen-bond acceptors (Lipinski definition) is 7. The lowest BCUT2D eigenvalue weighted by molar-refractivity contribution is -0.149. The third kappa shape index (κ3) is 7.31. The maximum absolute atomic E-state index is 13.1. The van der Waals surface area contributed by atoms with Crippen molar-refractivity contribution in [2.75, 3.05) is 7.11 Å². The van der Waals surface area contributed by atoms with Gasteiger partial charge in [0.25, 0.3) is 0 Å². The van der Waals surface area contributed by atoms with Gasteiger partial charge in [0.05, 0.1) is 7.11 Å². The van der Waals surface area contributed by atoms with Gasteiger partial charge >= 0.3 is 12.1 Å². The van der Waals surface area contributed by atoms with E-state index in [0.717, 1.165) is 11.1 Å². The van der Waals surface area contributed by atoms with Crippen molar-refractivity contribution in [2.24, 2.45) is 5.16 Å². The minimum Gasteiger partial charge on any atom is -0.467 e. The van der Waals surface area contributed by atoms with Crippen LogP contribution in [0.1, 0.15) is 17.5 Å². The van der Waals surface area contributed by atoms with Crippen molar-refractivity contribution in [3.8, 4) is 0 Å². The zero-order valence-electron chi connectivity index (χ0n) is 17.9. The highest BCUT2D eigenvalue weighted by molar-refractivity contribution is 9.18. The number of halogens is 1. The van der Waals surface area contributed by atoms with Crippen molar-refractivity contribution in [2.45, 2.75) is 37.6 Å². The molecule has 33 heavy (non-hydrogen) atoms. The van der Waals surface area contributed by atoms with Crippen LogP contribution in [0.25, 0.3) is 0 Å². The van der Waals surface area contributed by atoms with E-state index >= 15 is 0 Å². The number of nitrogens with zero attached hydrogens (tertiary/aromatic N) is 1. The van der Waals surface area contributed by atoms with E-state index in [1.165, 1.54) is 7.11 Å². The average molecular weight is 518 g/mol. The van der Waals surface area contributed by atoms with E-state index in [1.807, 2.05) is 60.7 Å². The fraction of sp³-hybridized carbons (Fsp3) is 0.304. The van der Waals surface area contributed by atoms with Gasteiger partial charge in [-0.05, 0) is 27.1 Å². The lowest BCUT2D eigenvalue weighted by Gasteiger charge is -2.24. The number of esters is 1. The molecule has 3 rings (SSSR count). The summed E-state index contributed by atoms with van der Waals surface area (Å²) in [4.78, 5) is 43.1. The first kappa shape index (κ1) is 24.2. The Balaban J connectivity index is 1.69. The number of methoxy groups -OCH3 is 1. The zero-order valence-corrected chi connectivity index (χ0v) is 19.5. The van der Waals surface area contributed by atoms with Crippen LogP contribution in [0.5, 0.6) is 0 Å². The number of alkyl carbamates (subject to hydrolysis) is 1. The maximum Gasteiger partial charge on any atom is 0.408 e. The summed E-state index contributed by atoms with van der Waals surface area (Å²) in [5.41, 5.74) is 1.63. The van der Waals surface area contributed by atoms with Crippen LogP contribution >= 0.6 is 15.9 Å². The second kappa shape index (κ2) is 12.0. The molecular formula is C23H24BrN3O6. The molecule has 2 aromatic carbocycles. The molecule has 0 saturated heterocycles. The van der Waals surface area contributed by atoms with Crippen LogP contribution in [0.3, 0.4) is 0 Å². The molecule has 0 radical (unpaired) electrons. The molecule has 9 nitrogen and oxygen atoms in total. The highest BCUT2D eigenvalue weighted by atomic mass is 79.9. The van der Waals surface area contributed by atoms with Crippen molar-refractivity contribution in [3.63, 3.8) is 0 Å². The van der Waals surface area contributed by atoms with Gasteiger partial charge in [-0.3, -0.25) is 4.79 Å². The number of oxime groups is 1. The van der Waals surface area contributed by atoms with E-state index in [2.05, 4.69) is 31.7 Å². The summed E-state index contributed by atoms with van der Waals surface area (Å²) in [7, 11) is 1.22. The van der Waals surface area contributed by atoms with Crippen LogP contribution in [0.2, 0.25) is 0 Å². The number of ether oxygens (including phenoxy) is 2. The molecule has 174 valence electrons. The van der Waals surface area contributed by atoms with Crippen molar-refractivity contribution in [1.29, 1.82) is 0 Å². The van der Waals surface area contributed by atoms with Crippen LogP contribution in [0, 0.1) is 0 Å². The van der Waals surface area contributed by atoms with Crippen molar-refractivity contribution in [3.05, 3.63) is 71.8 Å². The quantitative estimate of drug-likeness (QED) is 0.494. The van der Waals surface area contributed by atoms with Gasteiger partial charge < -0.3 is 24.9 Å². The molecule has 0 saturated carbocycles. The highest BCUT2D eigenvalue weighted by Crippen LogP contribution is 2.18. The minimum absolute atomic E-state index is 0.0540. The number of hydrogen-bond donors (Lipinski definition) is 2. The van der Waals surface area contributed by atoms with Crippen molar-refractivity contribution in [1.82, 2.24) is 10.6 Å². The first-order chi connectivity index (χ1) is 16.0. The maximum atomic E-state index is 13.1. The molecule has 2 amide bonds. The van der Waals surface area contributed by atoms with Crippen LogP contribution < -0.4 is 10.6 Å². The number of nitrogens with one attached hydrogen (secondary N) is 2. The number of carbonyl (C=O) groups excluding carboxylic acids is 3. The van der Waals surface area contributed by atoms with Gasteiger partial charge in [-0.1, -0.05) is 65.8 Å². The van der Waals surface area contributed by atoms with E-state index in [4.69, 9.17) is 14.3 Å². The molecule has 3 atom stereocenters. The largest absolute Gasteiger partial charge is 0.467 e. The summed E-state index contributed by atoms with van der Waals surface area (Å²) in [6, 6.07) is 16.2. The first-order valence-corrected chi connectivity index (χ1v) is 11.0. The van der Waals surface area contributed by atoms with Gasteiger partial charge in [-0.15, -0.1) is 0 Å². The van der Waals surface area contributed by atoms with Gasteiger partial charge in [-0.2, -0.15) is 0 Å². The topological polar surface area (TPSA) is 115 Å². The van der Waals surface area contributed by atoms with Crippen LogP contribution in [0.4, 0.5) is 4.79 Å². The molecule has 0 bridgehead atoms. The smallest absolute Gasteiger partial charge is 0.408 e. The molecule has 0 fully saturated rings. The summed E-state index contributed by atoms with van der Waals surface area (Å²) in [5.74, 6) is -1.27. The average Bonchev–Trinajstić information content (AvgIpc) is 3.27. The third-order valence-corrected chi connectivity index (χ3v) is 5.35. The van der Waals surface area contributed by atoms with Crippen LogP contribution in [-0.4, -0.2) is 47.9 Å². The Hall–Kier alpha value is -3.40. The summed E-state index contributed by atoms with van der Waals surface area (Å²) in [5, 5.41) is 8.98. The Kier molecular flexibility index (Phi) is 8.82. The van der Waals surface area contributed by atoms with E-state index < -0.39 is 36.2 Å². The van der Waals surface area contributed by atoms with Gasteiger partial charge in [-0.25, -0.2) is 9.59 Å². The second-order valence-corrected chi connectivity index (χ2v) is 8.19. The predicted molar refractivity (Wildman–Crippen MR) is 123 cm³/mol. The third-order valence-electron chi connectivity index (χ3n) is 4.89. The Morgan fingerprint density at radius 1 is 1.06 bits per heavy atom. The van der Waals surface area contributed by atoms with Crippen LogP contribution in [0.15, 0.2) is 65.8 Å². The van der Waals surface area contributed by atoms with Crippen molar-refractivity contribution >= 4 is 38.5 Å². The normalized spacial score (nSPS) is 16.5. The monoisotopic (exact) mass is 517 g/mol. The molecule has 0 spiro atoms. The molecule has 1 heterocycles. The van der Waals surface area contributed by atoms with E-state index in [-0.39, 0.29) is 19.4 Å². The van der Waals surface area contributed by atoms with E-state index in [1.54, 1.807) is 0 Å². The standard InChI is InChI=1S/C23H24BrN3O6/c1-31-22(29)20(18-13-19(24)27-33-18)26-21(28)17(12-15-8-4-2-5-9-15)25-23(30)32-14-16-10-6-3-7-11-16/h2-11,17-18,20H,12-14H2,1H3,(H,25,30)(H,26,28)/t17-,18?,20?/m0/s1. The summed E-state index contributed by atoms with van der Waals surface area (Å²) in [6.07, 6.45) is -1.02. The lowest BCUT2D eigenvalue weighted by atomic mass is 10.0. The van der Waals surface area contributed by atoms with Gasteiger partial charge in [0.1, 0.15) is 17.3 Å². The molecule has 0 aromatic heterocycles. The summed E-state index contributed by atoms with van der Waals surface area (Å²) >= 11 is 3.21. The lowest BCUT2D eigenvalue weighted by Crippen LogP contribution is -2.56. The Bertz CT molecular complexity index is 986. The number of carbonyl (C=O) groups is 3. The molecular weight excluding hydrogens is 494 g/mol. The Morgan fingerprint density at radius 3 is 2.27 bits per heavy atom. The molecule has 2 aromatic rings. The van der Waals surface area contributed by atoms with E-state index in [0.29, 0.717) is 4.62 Å². The minimum atomic E-state index is -1.11. The number of amides is 2. The molecule has 0 aliphatic carbocycles. The highest BCUT2D eigenvalue weighted by Gasteiger charge is 2.38. The Labute approximate surface area is 199 Å². The Morgan fingerprint density at radius 2 is 1.70 bits per heavy atom. The number of benzene rings is 2. The summed E-state index contributed by atoms with van der Waals surface area (Å²) < 4.78 is 10.6. The first-order valence-electron chi connectivity index (χ1n) is 10.2. The van der Waals surface area contributed by atoms with E-state index in [9.17, 15) is 14.4 Å². The van der Waals surface area contributed by atoms with Crippen LogP contribution in [-0.2, 0) is 36.9 Å². The van der Waals surface area contributed by atoms with Gasteiger partial charge in [0.2, 0.25) is 5.91 Å². The molecule has 1 aliphatic heterocycles. The van der Waals surface area contributed by atoms with Gasteiger partial charge in [0.15, 0.2) is 12.1 Å². The molecule has 1 aliphatic rings. The fourth-order valence-electron chi connectivity index (χ4n) is 3.19. The molecule has 2 unspecified atom stereocenters. The SMILES string of the molecule is COC(=O)C(NC(=O)[C@H](Cc1ccccc1)NC(=O)OCc1ccccc1)C1CC(Br)=NO1. The predicted octanol–water partition coefficient (Wildman–Crippen LogP) is 2.68. The van der Waals surface area contributed by atoms with Gasteiger partial charge in [0, 0.05) is 12.8 Å². The molecule has 2 N–H and O–H groups in total. The summed E-state index contributed by atoms with van der Waals surface area (Å²) in [6.45, 7) is 0.0540. The zero-order chi connectivity index (χ0) is 23.6. The second-order valence-electron chi connectivity index (χ2n) is 7.27. The number of rotatable bonds is 9. The fourth-order valence-corrected chi connectivity index (χ4v) is 3.60. The van der Waals surface area contributed by atoms with Crippen molar-refractivity contribution < 1.29 is 28.7 Å². The molecule has 10 heteroatoms.